The summed E-state index contributed by atoms with van der Waals surface area (Å²) in [5.41, 5.74) is 0. The molecule has 0 unspecified atom stereocenters. The Hall–Kier alpha value is 1.10. The van der Waals surface area contributed by atoms with Gasteiger partial charge in [-0.15, -0.1) is 0 Å². The molecule has 98 valence electrons. The molecule has 2 nitrogen and oxygen atoms in total. The van der Waals surface area contributed by atoms with E-state index in [1.165, 1.54) is 0 Å². The fourth-order valence-corrected chi connectivity index (χ4v) is 2.00. The van der Waals surface area contributed by atoms with Gasteiger partial charge in [-0.25, -0.2) is 0 Å². The molecular formula is C10H20N2S4Zr. The zero-order valence-electron chi connectivity index (χ0n) is 10.9. The summed E-state index contributed by atoms with van der Waals surface area (Å²) < 4.78 is 1.16. The Balaban J connectivity index is -0.000000218. The molecule has 0 spiro atoms. The van der Waals surface area contributed by atoms with E-state index in [9.17, 15) is 0 Å². The van der Waals surface area contributed by atoms with Crippen molar-refractivity contribution in [2.45, 2.75) is 27.7 Å². The first-order valence-electron chi connectivity index (χ1n) is 5.36. The largest absolute Gasteiger partial charge is 2.00 e. The van der Waals surface area contributed by atoms with Crippen molar-refractivity contribution < 1.29 is 26.2 Å². The molecular weight excluding hydrogens is 368 g/mol. The van der Waals surface area contributed by atoms with Gasteiger partial charge in [0, 0.05) is 26.2 Å². The molecule has 0 aromatic heterocycles. The quantitative estimate of drug-likeness (QED) is 0.536. The van der Waals surface area contributed by atoms with Gasteiger partial charge in [-0.3, -0.25) is 0 Å². The molecule has 0 saturated carbocycles. The van der Waals surface area contributed by atoms with Gasteiger partial charge in [0.1, 0.15) is 0 Å². The fourth-order valence-electron chi connectivity index (χ4n) is 0.964. The SMILES string of the molecule is CCN(CC)C(=S)[S-].CCN(CC)C(=S)[S-].[Zr+2]. The van der Waals surface area contributed by atoms with Crippen LogP contribution in [0.2, 0.25) is 0 Å². The zero-order chi connectivity index (χ0) is 13.1. The number of hydrogen-bond donors (Lipinski definition) is 0. The van der Waals surface area contributed by atoms with Crippen molar-refractivity contribution in [1.82, 2.24) is 9.80 Å². The molecule has 0 rings (SSSR count). The van der Waals surface area contributed by atoms with Crippen molar-refractivity contribution in [2.24, 2.45) is 0 Å². The number of nitrogens with zero attached hydrogens (tertiary/aromatic N) is 2. The van der Waals surface area contributed by atoms with Crippen LogP contribution in [0.15, 0.2) is 0 Å². The number of rotatable bonds is 4. The van der Waals surface area contributed by atoms with Crippen LogP contribution < -0.4 is 0 Å². The van der Waals surface area contributed by atoms with E-state index in [1.807, 2.05) is 37.5 Å². The van der Waals surface area contributed by atoms with Crippen LogP contribution in [0, 0.1) is 0 Å². The minimum Gasteiger partial charge on any atom is -0.411 e. The van der Waals surface area contributed by atoms with E-state index in [0.717, 1.165) is 26.2 Å². The molecule has 0 aliphatic carbocycles. The van der Waals surface area contributed by atoms with Crippen molar-refractivity contribution in [2.75, 3.05) is 26.2 Å². The molecule has 0 aromatic rings. The Morgan fingerprint density at radius 1 is 0.765 bits per heavy atom. The minimum absolute atomic E-state index is 0. The van der Waals surface area contributed by atoms with Gasteiger partial charge in [-0.1, -0.05) is 8.64 Å². The van der Waals surface area contributed by atoms with Gasteiger partial charge in [-0.05, 0) is 27.7 Å². The summed E-state index contributed by atoms with van der Waals surface area (Å²) in [5, 5.41) is 0. The van der Waals surface area contributed by atoms with E-state index in [4.69, 9.17) is 49.7 Å². The van der Waals surface area contributed by atoms with Crippen LogP contribution in [-0.4, -0.2) is 44.6 Å². The summed E-state index contributed by atoms with van der Waals surface area (Å²) in [6.45, 7) is 11.9. The molecule has 0 aliphatic rings. The van der Waals surface area contributed by atoms with Crippen molar-refractivity contribution >= 4 is 58.3 Å². The van der Waals surface area contributed by atoms with E-state index in [2.05, 4.69) is 0 Å². The molecule has 0 radical (unpaired) electrons. The molecule has 0 aliphatic heterocycles. The van der Waals surface area contributed by atoms with Gasteiger partial charge in [-0.2, -0.15) is 0 Å². The molecule has 0 fully saturated rings. The summed E-state index contributed by atoms with van der Waals surface area (Å²) in [6.07, 6.45) is 0. The van der Waals surface area contributed by atoms with Crippen LogP contribution >= 0.6 is 24.4 Å². The van der Waals surface area contributed by atoms with Crippen LogP contribution in [0.1, 0.15) is 27.7 Å². The van der Waals surface area contributed by atoms with E-state index >= 15 is 0 Å². The first-order chi connectivity index (χ1) is 7.44. The van der Waals surface area contributed by atoms with Gasteiger partial charge in [0.15, 0.2) is 0 Å². The van der Waals surface area contributed by atoms with E-state index < -0.39 is 0 Å². The first-order valence-corrected chi connectivity index (χ1v) is 6.99. The molecule has 0 atom stereocenters. The maximum atomic E-state index is 4.76. The number of thiocarbonyl (C=S) groups is 2. The second-order valence-corrected chi connectivity index (χ2v) is 4.94. The van der Waals surface area contributed by atoms with E-state index in [0.29, 0.717) is 8.64 Å². The van der Waals surface area contributed by atoms with Crippen molar-refractivity contribution in [3.63, 3.8) is 0 Å². The van der Waals surface area contributed by atoms with Crippen LogP contribution in [0.5, 0.6) is 0 Å². The molecule has 0 amide bonds. The monoisotopic (exact) mass is 386 g/mol. The summed E-state index contributed by atoms with van der Waals surface area (Å²) in [6, 6.07) is 0. The van der Waals surface area contributed by atoms with Crippen molar-refractivity contribution in [3.8, 4) is 0 Å². The predicted molar refractivity (Wildman–Crippen MR) is 85.8 cm³/mol. The average molecular weight is 388 g/mol. The zero-order valence-corrected chi connectivity index (χ0v) is 16.6. The second kappa shape index (κ2) is 15.2. The maximum absolute atomic E-state index is 4.76. The first kappa shape index (κ1) is 23.2. The summed E-state index contributed by atoms with van der Waals surface area (Å²) in [7, 11) is 0. The molecule has 0 heterocycles. The third kappa shape index (κ3) is 13.3. The Bertz CT molecular complexity index is 184. The normalized spacial score (nSPS) is 8.24. The topological polar surface area (TPSA) is 6.48 Å². The van der Waals surface area contributed by atoms with Crippen molar-refractivity contribution in [3.05, 3.63) is 0 Å². The maximum Gasteiger partial charge on any atom is 2.00 e. The smallest absolute Gasteiger partial charge is 0.411 e. The van der Waals surface area contributed by atoms with Gasteiger partial charge in [0.2, 0.25) is 0 Å². The van der Waals surface area contributed by atoms with Crippen LogP contribution in [0.25, 0.3) is 0 Å². The van der Waals surface area contributed by atoms with Crippen LogP contribution in [-0.2, 0) is 51.5 Å². The van der Waals surface area contributed by atoms with Gasteiger partial charge < -0.3 is 59.5 Å². The average Bonchev–Trinajstić information content (AvgIpc) is 2.21. The fraction of sp³-hybridized carbons (Fsp3) is 0.800. The van der Waals surface area contributed by atoms with Gasteiger partial charge in [0.25, 0.3) is 0 Å². The number of hydrogen-bond acceptors (Lipinski definition) is 4. The molecule has 0 bridgehead atoms. The third-order valence-electron chi connectivity index (χ3n) is 2.04. The summed E-state index contributed by atoms with van der Waals surface area (Å²) >= 11 is 19.0. The third-order valence-corrected chi connectivity index (χ3v) is 3.08. The molecule has 7 heteroatoms. The Kier molecular flexibility index (Phi) is 20.7. The molecule has 17 heavy (non-hydrogen) atoms. The standard InChI is InChI=1S/2C5H11NS2.Zr/c2*1-3-6(4-2)5(7)8;/h2*3-4H2,1-2H3,(H,7,8);/q;;+2/p-2. The minimum atomic E-state index is 0. The Labute approximate surface area is 147 Å². The van der Waals surface area contributed by atoms with E-state index in [1.54, 1.807) is 0 Å². The van der Waals surface area contributed by atoms with Gasteiger partial charge >= 0.3 is 26.2 Å². The van der Waals surface area contributed by atoms with Crippen molar-refractivity contribution in [1.29, 1.82) is 0 Å². The van der Waals surface area contributed by atoms with Gasteiger partial charge in [0.05, 0.1) is 0 Å². The predicted octanol–water partition coefficient (Wildman–Crippen LogP) is 2.32. The Morgan fingerprint density at radius 3 is 0.941 bits per heavy atom. The summed E-state index contributed by atoms with van der Waals surface area (Å²) in [4.78, 5) is 3.93. The van der Waals surface area contributed by atoms with Crippen LogP contribution in [0.3, 0.4) is 0 Å². The molecule has 0 saturated heterocycles. The van der Waals surface area contributed by atoms with E-state index in [-0.39, 0.29) is 26.2 Å². The molecule has 0 N–H and O–H groups in total. The van der Waals surface area contributed by atoms with Crippen LogP contribution in [0.4, 0.5) is 0 Å². The second-order valence-electron chi connectivity index (χ2n) is 2.88. The Morgan fingerprint density at radius 2 is 0.941 bits per heavy atom. The summed E-state index contributed by atoms with van der Waals surface area (Å²) in [5.74, 6) is 0. The molecule has 0 aromatic carbocycles.